The number of oxazole rings is 1. The Hall–Kier alpha value is -3.87. The SMILES string of the molecule is CCOC(=O)c1cc(-c2ccc(-c3nc4ccccc4o3)cc2)oc1N(C(=O)[C@H]1CC[C@H](C)CC1)C(C)C. The van der Waals surface area contributed by atoms with Crippen molar-refractivity contribution in [2.75, 3.05) is 11.5 Å². The van der Waals surface area contributed by atoms with Gasteiger partial charge in [0.25, 0.3) is 0 Å². The van der Waals surface area contributed by atoms with Crippen LogP contribution in [-0.2, 0) is 9.53 Å². The number of carbonyl (C=O) groups is 2. The molecule has 0 unspecified atom stereocenters. The molecule has 5 rings (SSSR count). The highest BCUT2D eigenvalue weighted by molar-refractivity contribution is 6.03. The summed E-state index contributed by atoms with van der Waals surface area (Å²) in [5.74, 6) is 1.33. The number of furan rings is 1. The van der Waals surface area contributed by atoms with E-state index in [0.29, 0.717) is 17.6 Å². The first-order chi connectivity index (χ1) is 18.4. The summed E-state index contributed by atoms with van der Waals surface area (Å²) in [5.41, 5.74) is 3.38. The van der Waals surface area contributed by atoms with Gasteiger partial charge in [-0.1, -0.05) is 31.2 Å². The minimum atomic E-state index is -0.503. The normalized spacial score (nSPS) is 17.6. The smallest absolute Gasteiger partial charge is 0.343 e. The van der Waals surface area contributed by atoms with Crippen LogP contribution in [0.2, 0.25) is 0 Å². The van der Waals surface area contributed by atoms with E-state index in [9.17, 15) is 9.59 Å². The average Bonchev–Trinajstić information content (AvgIpc) is 3.54. The van der Waals surface area contributed by atoms with Crippen molar-refractivity contribution in [1.29, 1.82) is 0 Å². The number of amides is 1. The van der Waals surface area contributed by atoms with Gasteiger partial charge in [-0.15, -0.1) is 0 Å². The van der Waals surface area contributed by atoms with E-state index < -0.39 is 5.97 Å². The van der Waals surface area contributed by atoms with E-state index in [-0.39, 0.29) is 35.9 Å². The minimum Gasteiger partial charge on any atom is -0.462 e. The number of carbonyl (C=O) groups excluding carboxylic acids is 2. The first kappa shape index (κ1) is 25.8. The molecular formula is C31H34N2O5. The van der Waals surface area contributed by atoms with Crippen LogP contribution in [0, 0.1) is 11.8 Å². The van der Waals surface area contributed by atoms with E-state index in [2.05, 4.69) is 11.9 Å². The molecule has 2 heterocycles. The van der Waals surface area contributed by atoms with Gasteiger partial charge in [0, 0.05) is 29.2 Å². The molecule has 4 aromatic rings. The Morgan fingerprint density at radius 2 is 1.68 bits per heavy atom. The quantitative estimate of drug-likeness (QED) is 0.237. The minimum absolute atomic E-state index is 0.00431. The molecule has 1 aliphatic rings. The first-order valence-electron chi connectivity index (χ1n) is 13.5. The summed E-state index contributed by atoms with van der Waals surface area (Å²) >= 11 is 0. The van der Waals surface area contributed by atoms with Crippen LogP contribution in [0.1, 0.15) is 63.7 Å². The Balaban J connectivity index is 1.48. The van der Waals surface area contributed by atoms with Crippen LogP contribution >= 0.6 is 0 Å². The zero-order chi connectivity index (χ0) is 26.8. The van der Waals surface area contributed by atoms with Crippen LogP contribution in [-0.4, -0.2) is 29.5 Å². The molecule has 0 radical (unpaired) electrons. The number of esters is 1. The van der Waals surface area contributed by atoms with Gasteiger partial charge in [0.05, 0.1) is 6.61 Å². The van der Waals surface area contributed by atoms with Crippen LogP contribution in [0.25, 0.3) is 33.9 Å². The number of hydrogen-bond acceptors (Lipinski definition) is 6. The number of para-hydroxylation sites is 2. The lowest BCUT2D eigenvalue weighted by Crippen LogP contribution is -2.42. The number of hydrogen-bond donors (Lipinski definition) is 0. The third-order valence-corrected chi connectivity index (χ3v) is 7.26. The largest absolute Gasteiger partial charge is 0.462 e. The van der Waals surface area contributed by atoms with Crippen molar-refractivity contribution in [3.05, 3.63) is 60.2 Å². The van der Waals surface area contributed by atoms with Gasteiger partial charge < -0.3 is 13.6 Å². The average molecular weight is 515 g/mol. The Bertz CT molecular complexity index is 1390. The molecule has 0 atom stereocenters. The van der Waals surface area contributed by atoms with E-state index in [4.69, 9.17) is 13.6 Å². The predicted octanol–water partition coefficient (Wildman–Crippen LogP) is 7.50. The van der Waals surface area contributed by atoms with Gasteiger partial charge in [0.1, 0.15) is 16.8 Å². The second-order valence-electron chi connectivity index (χ2n) is 10.4. The zero-order valence-electron chi connectivity index (χ0n) is 22.4. The third-order valence-electron chi connectivity index (χ3n) is 7.26. The van der Waals surface area contributed by atoms with Gasteiger partial charge in [-0.2, -0.15) is 0 Å². The molecule has 2 aromatic carbocycles. The molecule has 7 heteroatoms. The van der Waals surface area contributed by atoms with Crippen molar-refractivity contribution < 1.29 is 23.2 Å². The van der Waals surface area contributed by atoms with Crippen molar-refractivity contribution in [3.8, 4) is 22.8 Å². The van der Waals surface area contributed by atoms with E-state index >= 15 is 0 Å². The molecule has 0 bridgehead atoms. The van der Waals surface area contributed by atoms with Gasteiger partial charge >= 0.3 is 5.97 Å². The highest BCUT2D eigenvalue weighted by atomic mass is 16.5. The van der Waals surface area contributed by atoms with Gasteiger partial charge in [-0.25, -0.2) is 9.78 Å². The van der Waals surface area contributed by atoms with E-state index in [1.807, 2.05) is 62.4 Å². The maximum atomic E-state index is 13.7. The molecule has 1 amide bonds. The van der Waals surface area contributed by atoms with Gasteiger partial charge in [0.15, 0.2) is 5.58 Å². The molecule has 38 heavy (non-hydrogen) atoms. The summed E-state index contributed by atoms with van der Waals surface area (Å²) in [6.45, 7) is 8.10. The first-order valence-corrected chi connectivity index (χ1v) is 13.5. The molecule has 0 spiro atoms. The molecule has 1 fully saturated rings. The van der Waals surface area contributed by atoms with Gasteiger partial charge in [-0.05, 0) is 76.6 Å². The molecule has 0 aliphatic heterocycles. The van der Waals surface area contributed by atoms with Crippen molar-refractivity contribution in [2.45, 2.75) is 59.4 Å². The molecule has 198 valence electrons. The number of fused-ring (bicyclic) bond motifs is 1. The summed E-state index contributed by atoms with van der Waals surface area (Å²) in [5, 5.41) is 0. The highest BCUT2D eigenvalue weighted by Gasteiger charge is 2.35. The third kappa shape index (κ3) is 5.10. The second kappa shape index (κ2) is 10.9. The maximum Gasteiger partial charge on any atom is 0.343 e. The standard InChI is InChI=1S/C31H34N2O5/c1-5-36-31(35)24-18-27(38-30(24)33(19(2)3)29(34)23-12-10-20(4)11-13-23)21-14-16-22(17-15-21)28-32-25-8-6-7-9-26(25)37-28/h6-9,14-20,23H,5,10-13H2,1-4H3/t20-,23-. The maximum absolute atomic E-state index is 13.7. The van der Waals surface area contributed by atoms with Crippen molar-refractivity contribution >= 4 is 28.9 Å². The number of ether oxygens (including phenoxy) is 1. The van der Waals surface area contributed by atoms with Crippen molar-refractivity contribution in [2.24, 2.45) is 11.8 Å². The van der Waals surface area contributed by atoms with Crippen LogP contribution in [0.3, 0.4) is 0 Å². The van der Waals surface area contributed by atoms with Crippen LogP contribution in [0.4, 0.5) is 5.88 Å². The van der Waals surface area contributed by atoms with Gasteiger partial charge in [0.2, 0.25) is 17.7 Å². The lowest BCUT2D eigenvalue weighted by Gasteiger charge is -2.32. The molecule has 0 saturated heterocycles. The molecule has 1 aliphatic carbocycles. The van der Waals surface area contributed by atoms with E-state index in [0.717, 1.165) is 47.9 Å². The second-order valence-corrected chi connectivity index (χ2v) is 10.4. The molecule has 1 saturated carbocycles. The topological polar surface area (TPSA) is 85.8 Å². The van der Waals surface area contributed by atoms with Crippen LogP contribution in [0.5, 0.6) is 0 Å². The predicted molar refractivity (Wildman–Crippen MR) is 147 cm³/mol. The summed E-state index contributed by atoms with van der Waals surface area (Å²) < 4.78 is 17.5. The number of benzene rings is 2. The zero-order valence-corrected chi connectivity index (χ0v) is 22.4. The number of nitrogens with zero attached hydrogens (tertiary/aromatic N) is 2. The molecule has 0 N–H and O–H groups in total. The van der Waals surface area contributed by atoms with Crippen molar-refractivity contribution in [1.82, 2.24) is 4.98 Å². The Morgan fingerprint density at radius 1 is 1.00 bits per heavy atom. The fraction of sp³-hybridized carbons (Fsp3) is 0.387. The molecular weight excluding hydrogens is 480 g/mol. The summed E-state index contributed by atoms with van der Waals surface area (Å²) in [6, 6.07) is 16.7. The lowest BCUT2D eigenvalue weighted by molar-refractivity contribution is -0.124. The molecule has 7 nitrogen and oxygen atoms in total. The molecule has 2 aromatic heterocycles. The van der Waals surface area contributed by atoms with E-state index in [1.165, 1.54) is 0 Å². The fourth-order valence-corrected chi connectivity index (χ4v) is 5.12. The Labute approximate surface area is 222 Å². The van der Waals surface area contributed by atoms with Gasteiger partial charge in [-0.3, -0.25) is 9.69 Å². The van der Waals surface area contributed by atoms with Crippen LogP contribution < -0.4 is 4.90 Å². The van der Waals surface area contributed by atoms with Crippen LogP contribution in [0.15, 0.2) is 63.4 Å². The van der Waals surface area contributed by atoms with Crippen molar-refractivity contribution in [3.63, 3.8) is 0 Å². The Morgan fingerprint density at radius 3 is 2.34 bits per heavy atom. The monoisotopic (exact) mass is 514 g/mol. The Kier molecular flexibility index (Phi) is 7.36. The van der Waals surface area contributed by atoms with E-state index in [1.54, 1.807) is 17.9 Å². The summed E-state index contributed by atoms with van der Waals surface area (Å²) in [4.78, 5) is 32.9. The summed E-state index contributed by atoms with van der Waals surface area (Å²) in [7, 11) is 0. The highest BCUT2D eigenvalue weighted by Crippen LogP contribution is 2.37. The fourth-order valence-electron chi connectivity index (χ4n) is 5.12. The number of rotatable bonds is 7. The summed E-state index contributed by atoms with van der Waals surface area (Å²) in [6.07, 6.45) is 3.76. The number of aromatic nitrogens is 1. The number of anilines is 1. The lowest BCUT2D eigenvalue weighted by atomic mass is 9.82.